The molecule has 172 valence electrons. The highest BCUT2D eigenvalue weighted by Gasteiger charge is 2.25. The van der Waals surface area contributed by atoms with E-state index in [1.807, 2.05) is 18.2 Å². The Labute approximate surface area is 193 Å². The van der Waals surface area contributed by atoms with E-state index in [9.17, 15) is 4.79 Å². The van der Waals surface area contributed by atoms with Gasteiger partial charge in [0, 0.05) is 49.9 Å². The van der Waals surface area contributed by atoms with Gasteiger partial charge in [0.15, 0.2) is 0 Å². The molecule has 2 N–H and O–H groups in total. The van der Waals surface area contributed by atoms with Crippen LogP contribution in [0.15, 0.2) is 18.2 Å². The van der Waals surface area contributed by atoms with Gasteiger partial charge in [-0.05, 0) is 50.1 Å². The molecule has 30 heavy (non-hydrogen) atoms. The molecule has 3 rings (SSSR count). The molecule has 2 unspecified atom stereocenters. The Kier molecular flexibility index (Phi) is 11.7. The lowest BCUT2D eigenvalue weighted by Gasteiger charge is -2.28. The largest absolute Gasteiger partial charge is 0.497 e. The Morgan fingerprint density at radius 1 is 1.13 bits per heavy atom. The summed E-state index contributed by atoms with van der Waals surface area (Å²) in [5.41, 5.74) is 1.12. The molecule has 2 aliphatic heterocycles. The first-order valence-electron chi connectivity index (χ1n) is 10.5. The van der Waals surface area contributed by atoms with Crippen LogP contribution in [0.25, 0.3) is 0 Å². The average molecular weight is 462 g/mol. The van der Waals surface area contributed by atoms with Gasteiger partial charge in [-0.3, -0.25) is 4.79 Å². The number of hydrogen-bond acceptors (Lipinski definition) is 5. The highest BCUT2D eigenvalue weighted by Crippen LogP contribution is 2.31. The summed E-state index contributed by atoms with van der Waals surface area (Å²) in [7, 11) is 3.34. The number of hydrogen-bond donors (Lipinski definition) is 2. The molecule has 0 aromatic heterocycles. The molecule has 2 atom stereocenters. The smallest absolute Gasteiger partial charge is 0.220 e. The fraction of sp³-hybridized carbons (Fsp3) is 0.682. The van der Waals surface area contributed by atoms with E-state index in [-0.39, 0.29) is 30.7 Å². The van der Waals surface area contributed by atoms with Gasteiger partial charge in [0.1, 0.15) is 11.5 Å². The lowest BCUT2D eigenvalue weighted by atomic mass is 9.84. The number of amides is 1. The maximum absolute atomic E-state index is 12.4. The van der Waals surface area contributed by atoms with E-state index in [0.717, 1.165) is 56.3 Å². The van der Waals surface area contributed by atoms with Crippen molar-refractivity contribution in [3.63, 3.8) is 0 Å². The minimum Gasteiger partial charge on any atom is -0.497 e. The number of benzene rings is 1. The minimum atomic E-state index is 0. The summed E-state index contributed by atoms with van der Waals surface area (Å²) in [6, 6.07) is 5.98. The van der Waals surface area contributed by atoms with Crippen LogP contribution in [0.3, 0.4) is 0 Å². The SMILES string of the molecule is COc1cc(OC)cc(N2CCC(CNC(=O)CC(C)C3CCNCC3)C2)c1.Cl.Cl. The second-order valence-corrected chi connectivity index (χ2v) is 8.24. The van der Waals surface area contributed by atoms with Gasteiger partial charge in [0.25, 0.3) is 0 Å². The molecule has 0 radical (unpaired) electrons. The number of methoxy groups -OCH3 is 2. The van der Waals surface area contributed by atoms with E-state index in [1.165, 1.54) is 12.8 Å². The normalized spacial score (nSPS) is 20.0. The maximum atomic E-state index is 12.4. The van der Waals surface area contributed by atoms with Crippen molar-refractivity contribution in [1.29, 1.82) is 0 Å². The molecule has 0 spiro atoms. The number of rotatable bonds is 8. The highest BCUT2D eigenvalue weighted by atomic mass is 35.5. The van der Waals surface area contributed by atoms with Crippen LogP contribution in [0, 0.1) is 17.8 Å². The Morgan fingerprint density at radius 3 is 2.37 bits per heavy atom. The van der Waals surface area contributed by atoms with Crippen LogP contribution in [-0.4, -0.2) is 52.9 Å². The zero-order chi connectivity index (χ0) is 19.9. The van der Waals surface area contributed by atoms with Gasteiger partial charge in [0.2, 0.25) is 5.91 Å². The first-order valence-corrected chi connectivity index (χ1v) is 10.5. The summed E-state index contributed by atoms with van der Waals surface area (Å²) in [5.74, 6) is 3.43. The molecule has 8 heteroatoms. The summed E-state index contributed by atoms with van der Waals surface area (Å²) < 4.78 is 10.8. The first-order chi connectivity index (χ1) is 13.6. The standard InChI is InChI=1S/C22H35N3O3.2ClH/c1-16(18-4-7-23-8-5-18)10-22(26)24-14-17-6-9-25(15-17)19-11-20(27-2)13-21(12-19)28-3;;/h11-13,16-18,23H,4-10,14-15H2,1-3H3,(H,24,26);2*1H. The van der Waals surface area contributed by atoms with Crippen LogP contribution in [0.4, 0.5) is 5.69 Å². The zero-order valence-corrected chi connectivity index (χ0v) is 19.9. The van der Waals surface area contributed by atoms with Crippen molar-refractivity contribution in [2.75, 3.05) is 51.8 Å². The first kappa shape index (κ1) is 26.7. The quantitative estimate of drug-likeness (QED) is 0.619. The molecule has 1 aromatic rings. The molecular formula is C22H37Cl2N3O3. The van der Waals surface area contributed by atoms with Crippen LogP contribution >= 0.6 is 24.8 Å². The van der Waals surface area contributed by atoms with Gasteiger partial charge in [-0.15, -0.1) is 24.8 Å². The summed E-state index contributed by atoms with van der Waals surface area (Å²) >= 11 is 0. The lowest BCUT2D eigenvalue weighted by molar-refractivity contribution is -0.122. The third-order valence-corrected chi connectivity index (χ3v) is 6.27. The fourth-order valence-electron chi connectivity index (χ4n) is 4.41. The van der Waals surface area contributed by atoms with Crippen molar-refractivity contribution in [2.45, 2.75) is 32.6 Å². The summed E-state index contributed by atoms with van der Waals surface area (Å²) in [4.78, 5) is 14.7. The lowest BCUT2D eigenvalue weighted by Crippen LogP contribution is -2.35. The van der Waals surface area contributed by atoms with E-state index in [4.69, 9.17) is 9.47 Å². The van der Waals surface area contributed by atoms with Crippen LogP contribution in [0.1, 0.15) is 32.6 Å². The third kappa shape index (κ3) is 7.40. The van der Waals surface area contributed by atoms with Crippen LogP contribution < -0.4 is 25.0 Å². The van der Waals surface area contributed by atoms with Crippen molar-refractivity contribution in [1.82, 2.24) is 10.6 Å². The number of halogens is 2. The molecule has 2 aliphatic rings. The van der Waals surface area contributed by atoms with E-state index >= 15 is 0 Å². The van der Waals surface area contributed by atoms with Crippen LogP contribution in [0.5, 0.6) is 11.5 Å². The number of ether oxygens (including phenoxy) is 2. The third-order valence-electron chi connectivity index (χ3n) is 6.27. The predicted octanol–water partition coefficient (Wildman–Crippen LogP) is 3.52. The van der Waals surface area contributed by atoms with Gasteiger partial charge in [-0.25, -0.2) is 0 Å². The number of carbonyl (C=O) groups is 1. The van der Waals surface area contributed by atoms with Gasteiger partial charge in [-0.1, -0.05) is 6.92 Å². The minimum absolute atomic E-state index is 0. The number of piperidine rings is 1. The molecule has 1 aromatic carbocycles. The number of carbonyl (C=O) groups excluding carboxylic acids is 1. The number of nitrogens with one attached hydrogen (secondary N) is 2. The highest BCUT2D eigenvalue weighted by molar-refractivity contribution is 5.85. The van der Waals surface area contributed by atoms with E-state index in [0.29, 0.717) is 24.2 Å². The van der Waals surface area contributed by atoms with Gasteiger partial charge >= 0.3 is 0 Å². The molecule has 1 amide bonds. The molecular weight excluding hydrogens is 425 g/mol. The topological polar surface area (TPSA) is 62.8 Å². The van der Waals surface area contributed by atoms with E-state index < -0.39 is 0 Å². The van der Waals surface area contributed by atoms with Gasteiger partial charge < -0.3 is 25.0 Å². The van der Waals surface area contributed by atoms with Crippen LogP contribution in [-0.2, 0) is 4.79 Å². The maximum Gasteiger partial charge on any atom is 0.220 e. The second kappa shape index (κ2) is 13.1. The second-order valence-electron chi connectivity index (χ2n) is 8.24. The van der Waals surface area contributed by atoms with Gasteiger partial charge in [0.05, 0.1) is 14.2 Å². The zero-order valence-electron chi connectivity index (χ0n) is 18.3. The van der Waals surface area contributed by atoms with Crippen LogP contribution in [0.2, 0.25) is 0 Å². The fourth-order valence-corrected chi connectivity index (χ4v) is 4.41. The summed E-state index contributed by atoms with van der Waals surface area (Å²) in [5, 5.41) is 6.58. The Morgan fingerprint density at radius 2 is 1.77 bits per heavy atom. The molecule has 2 fully saturated rings. The Bertz CT molecular complexity index is 634. The summed E-state index contributed by atoms with van der Waals surface area (Å²) in [6.07, 6.45) is 4.11. The van der Waals surface area contributed by atoms with E-state index in [2.05, 4.69) is 22.5 Å². The monoisotopic (exact) mass is 461 g/mol. The Hall–Kier alpha value is -1.37. The molecule has 2 saturated heterocycles. The molecule has 6 nitrogen and oxygen atoms in total. The molecule has 0 aliphatic carbocycles. The van der Waals surface area contributed by atoms with Crippen molar-refractivity contribution in [3.05, 3.63) is 18.2 Å². The molecule has 0 bridgehead atoms. The van der Waals surface area contributed by atoms with Crippen molar-refractivity contribution in [3.8, 4) is 11.5 Å². The van der Waals surface area contributed by atoms with E-state index in [1.54, 1.807) is 14.2 Å². The number of anilines is 1. The molecule has 2 heterocycles. The van der Waals surface area contributed by atoms with Crippen molar-refractivity contribution < 1.29 is 14.3 Å². The predicted molar refractivity (Wildman–Crippen MR) is 127 cm³/mol. The summed E-state index contributed by atoms with van der Waals surface area (Å²) in [6.45, 7) is 7.09. The average Bonchev–Trinajstić information content (AvgIpc) is 3.21. The number of nitrogens with zero attached hydrogens (tertiary/aromatic N) is 1. The molecule has 0 saturated carbocycles. The van der Waals surface area contributed by atoms with Crippen molar-refractivity contribution in [2.24, 2.45) is 17.8 Å². The Balaban J connectivity index is 0.00000225. The van der Waals surface area contributed by atoms with Gasteiger partial charge in [-0.2, -0.15) is 0 Å². The van der Waals surface area contributed by atoms with Crippen molar-refractivity contribution >= 4 is 36.4 Å².